The molecule has 0 atom stereocenters. The predicted molar refractivity (Wildman–Crippen MR) is 76.8 cm³/mol. The Bertz CT molecular complexity index is 730. The molecule has 0 radical (unpaired) electrons. The van der Waals surface area contributed by atoms with Gasteiger partial charge in [-0.1, -0.05) is 26.8 Å². The molecular weight excluding hydrogens is 238 g/mol. The quantitative estimate of drug-likeness (QED) is 0.625. The molecule has 0 aliphatic heterocycles. The van der Waals surface area contributed by atoms with Crippen molar-refractivity contribution in [3.63, 3.8) is 0 Å². The summed E-state index contributed by atoms with van der Waals surface area (Å²) in [4.78, 5) is 7.99. The van der Waals surface area contributed by atoms with Gasteiger partial charge in [0.05, 0.1) is 16.7 Å². The van der Waals surface area contributed by atoms with Gasteiger partial charge >= 0.3 is 0 Å². The van der Waals surface area contributed by atoms with E-state index >= 15 is 0 Å². The molecule has 98 valence electrons. The molecule has 0 bridgehead atoms. The van der Waals surface area contributed by atoms with E-state index in [0.29, 0.717) is 5.82 Å². The molecule has 5 heteroatoms. The van der Waals surface area contributed by atoms with Crippen molar-refractivity contribution in [1.82, 2.24) is 20.2 Å². The number of nitrogens with one attached hydrogen (secondary N) is 2. The number of hydrogen-bond acceptors (Lipinski definition) is 3. The number of nitrogens with zero attached hydrogens (tertiary/aromatic N) is 2. The van der Waals surface area contributed by atoms with Gasteiger partial charge in [-0.25, -0.2) is 4.98 Å². The topological polar surface area (TPSA) is 83.4 Å². The van der Waals surface area contributed by atoms with E-state index in [-0.39, 0.29) is 5.41 Å². The van der Waals surface area contributed by atoms with Crippen LogP contribution in [0.2, 0.25) is 0 Å². The van der Waals surface area contributed by atoms with Crippen molar-refractivity contribution in [1.29, 1.82) is 0 Å². The second-order valence-electron chi connectivity index (χ2n) is 5.77. The van der Waals surface area contributed by atoms with Gasteiger partial charge in [-0.05, 0) is 12.1 Å². The van der Waals surface area contributed by atoms with Gasteiger partial charge in [0.15, 0.2) is 0 Å². The third-order valence-corrected chi connectivity index (χ3v) is 3.10. The maximum atomic E-state index is 5.63. The van der Waals surface area contributed by atoms with Crippen LogP contribution in [0.1, 0.15) is 26.6 Å². The molecule has 3 aromatic rings. The van der Waals surface area contributed by atoms with Crippen LogP contribution in [0.25, 0.3) is 22.3 Å². The number of aromatic nitrogens is 4. The minimum Gasteiger partial charge on any atom is -0.382 e. The van der Waals surface area contributed by atoms with Crippen molar-refractivity contribution in [2.24, 2.45) is 0 Å². The minimum absolute atomic E-state index is 0.0115. The molecule has 0 saturated heterocycles. The van der Waals surface area contributed by atoms with E-state index in [1.807, 2.05) is 18.2 Å². The second kappa shape index (κ2) is 3.85. The molecule has 0 amide bonds. The van der Waals surface area contributed by atoms with Crippen LogP contribution in [-0.2, 0) is 5.41 Å². The SMILES string of the molecule is CC(C)(C)c1nc2ccc(-c3cc(N)n[nH]3)cc2[nH]1. The molecular formula is C14H17N5. The Labute approximate surface area is 111 Å². The van der Waals surface area contributed by atoms with Crippen LogP contribution in [0.4, 0.5) is 5.82 Å². The highest BCUT2D eigenvalue weighted by molar-refractivity contribution is 5.81. The van der Waals surface area contributed by atoms with Crippen molar-refractivity contribution in [3.8, 4) is 11.3 Å². The number of hydrogen-bond donors (Lipinski definition) is 3. The first-order valence-corrected chi connectivity index (χ1v) is 6.25. The van der Waals surface area contributed by atoms with Gasteiger partial charge in [-0.15, -0.1) is 0 Å². The fourth-order valence-corrected chi connectivity index (χ4v) is 2.02. The van der Waals surface area contributed by atoms with Crippen molar-refractivity contribution in [2.45, 2.75) is 26.2 Å². The van der Waals surface area contributed by atoms with Crippen LogP contribution in [0, 0.1) is 0 Å². The summed E-state index contributed by atoms with van der Waals surface area (Å²) in [5.41, 5.74) is 9.59. The summed E-state index contributed by atoms with van der Waals surface area (Å²) >= 11 is 0. The lowest BCUT2D eigenvalue weighted by Gasteiger charge is -2.13. The van der Waals surface area contributed by atoms with Gasteiger partial charge in [-0.3, -0.25) is 5.10 Å². The number of fused-ring (bicyclic) bond motifs is 1. The Morgan fingerprint density at radius 2 is 1.95 bits per heavy atom. The van der Waals surface area contributed by atoms with E-state index in [4.69, 9.17) is 5.73 Å². The first-order chi connectivity index (χ1) is 8.93. The Hall–Kier alpha value is -2.30. The number of imidazole rings is 1. The first-order valence-electron chi connectivity index (χ1n) is 6.25. The Kier molecular flexibility index (Phi) is 2.38. The maximum Gasteiger partial charge on any atom is 0.145 e. The second-order valence-corrected chi connectivity index (χ2v) is 5.77. The van der Waals surface area contributed by atoms with Crippen LogP contribution >= 0.6 is 0 Å². The molecule has 0 aliphatic carbocycles. The number of rotatable bonds is 1. The maximum absolute atomic E-state index is 5.63. The van der Waals surface area contributed by atoms with E-state index in [1.54, 1.807) is 0 Å². The standard InChI is InChI=1S/C14H17N5/c1-14(2,3)13-16-9-5-4-8(6-11(9)17-13)10-7-12(15)19-18-10/h4-7H,1-3H3,(H,16,17)(H3,15,18,19). The molecule has 3 rings (SSSR count). The largest absolute Gasteiger partial charge is 0.382 e. The van der Waals surface area contributed by atoms with Gasteiger partial charge in [0.1, 0.15) is 11.6 Å². The summed E-state index contributed by atoms with van der Waals surface area (Å²) in [5.74, 6) is 1.49. The van der Waals surface area contributed by atoms with Gasteiger partial charge in [0, 0.05) is 17.0 Å². The molecule has 4 N–H and O–H groups in total. The zero-order valence-electron chi connectivity index (χ0n) is 11.3. The predicted octanol–water partition coefficient (Wildman–Crippen LogP) is 2.83. The summed E-state index contributed by atoms with van der Waals surface area (Å²) < 4.78 is 0. The van der Waals surface area contributed by atoms with E-state index < -0.39 is 0 Å². The number of nitrogen functional groups attached to an aromatic ring is 1. The summed E-state index contributed by atoms with van der Waals surface area (Å²) in [6, 6.07) is 7.91. The number of nitrogens with two attached hydrogens (primary N) is 1. The Morgan fingerprint density at radius 3 is 2.58 bits per heavy atom. The number of benzene rings is 1. The molecule has 0 saturated carbocycles. The fourth-order valence-electron chi connectivity index (χ4n) is 2.02. The number of anilines is 1. The fraction of sp³-hybridized carbons (Fsp3) is 0.286. The summed E-state index contributed by atoms with van der Waals surface area (Å²) in [6.07, 6.45) is 0. The van der Waals surface area contributed by atoms with Crippen LogP contribution in [0.3, 0.4) is 0 Å². The average molecular weight is 255 g/mol. The van der Waals surface area contributed by atoms with E-state index in [2.05, 4.69) is 47.0 Å². The highest BCUT2D eigenvalue weighted by Crippen LogP contribution is 2.26. The van der Waals surface area contributed by atoms with E-state index in [1.165, 1.54) is 0 Å². The third kappa shape index (κ3) is 2.07. The smallest absolute Gasteiger partial charge is 0.145 e. The zero-order valence-corrected chi connectivity index (χ0v) is 11.3. The molecule has 0 fully saturated rings. The highest BCUT2D eigenvalue weighted by atomic mass is 15.2. The molecule has 0 spiro atoms. The molecule has 0 aliphatic rings. The Morgan fingerprint density at radius 1 is 1.16 bits per heavy atom. The molecule has 0 unspecified atom stereocenters. The molecule has 2 heterocycles. The van der Waals surface area contributed by atoms with Crippen molar-refractivity contribution >= 4 is 16.9 Å². The average Bonchev–Trinajstić information content (AvgIpc) is 2.92. The molecule has 19 heavy (non-hydrogen) atoms. The number of H-pyrrole nitrogens is 2. The van der Waals surface area contributed by atoms with Crippen LogP contribution < -0.4 is 5.73 Å². The Balaban J connectivity index is 2.11. The summed E-state index contributed by atoms with van der Waals surface area (Å²) in [6.45, 7) is 6.42. The first kappa shape index (κ1) is 11.8. The van der Waals surface area contributed by atoms with Crippen molar-refractivity contribution in [2.75, 3.05) is 5.73 Å². The monoisotopic (exact) mass is 255 g/mol. The molecule has 1 aromatic carbocycles. The number of aromatic amines is 2. The van der Waals surface area contributed by atoms with Crippen molar-refractivity contribution in [3.05, 3.63) is 30.1 Å². The van der Waals surface area contributed by atoms with Gasteiger partial charge in [0.25, 0.3) is 0 Å². The lowest BCUT2D eigenvalue weighted by atomic mass is 9.96. The van der Waals surface area contributed by atoms with Gasteiger partial charge < -0.3 is 10.7 Å². The minimum atomic E-state index is 0.0115. The zero-order chi connectivity index (χ0) is 13.6. The lowest BCUT2D eigenvalue weighted by Crippen LogP contribution is -2.12. The summed E-state index contributed by atoms with van der Waals surface area (Å²) in [7, 11) is 0. The van der Waals surface area contributed by atoms with E-state index in [9.17, 15) is 0 Å². The van der Waals surface area contributed by atoms with Gasteiger partial charge in [-0.2, -0.15) is 5.10 Å². The van der Waals surface area contributed by atoms with Crippen LogP contribution in [-0.4, -0.2) is 20.2 Å². The third-order valence-electron chi connectivity index (χ3n) is 3.10. The molecule has 2 aromatic heterocycles. The molecule has 5 nitrogen and oxygen atoms in total. The highest BCUT2D eigenvalue weighted by Gasteiger charge is 2.18. The van der Waals surface area contributed by atoms with Crippen LogP contribution in [0.15, 0.2) is 24.3 Å². The van der Waals surface area contributed by atoms with E-state index in [0.717, 1.165) is 28.1 Å². The lowest BCUT2D eigenvalue weighted by molar-refractivity contribution is 0.554. The van der Waals surface area contributed by atoms with Crippen LogP contribution in [0.5, 0.6) is 0 Å². The van der Waals surface area contributed by atoms with Gasteiger partial charge in [0.2, 0.25) is 0 Å². The normalized spacial score (nSPS) is 12.2. The van der Waals surface area contributed by atoms with Crippen molar-refractivity contribution < 1.29 is 0 Å². The summed E-state index contributed by atoms with van der Waals surface area (Å²) in [5, 5.41) is 6.86.